The van der Waals surface area contributed by atoms with E-state index in [2.05, 4.69) is 20.6 Å². The highest BCUT2D eigenvalue weighted by Crippen LogP contribution is 2.24. The molecule has 0 amide bonds. The van der Waals surface area contributed by atoms with Crippen molar-refractivity contribution in [2.45, 2.75) is 6.54 Å². The number of nitrogens with one attached hydrogen (secondary N) is 2. The first-order chi connectivity index (χ1) is 10.7. The fraction of sp³-hybridized carbons (Fsp3) is 0.0714. The van der Waals surface area contributed by atoms with Gasteiger partial charge in [-0.3, -0.25) is 4.98 Å². The predicted octanol–water partition coefficient (Wildman–Crippen LogP) is 4.05. The van der Waals surface area contributed by atoms with Gasteiger partial charge in [-0.2, -0.15) is 5.10 Å². The van der Waals surface area contributed by atoms with Crippen LogP contribution in [0.2, 0.25) is 10.0 Å². The quantitative estimate of drug-likeness (QED) is 0.696. The molecule has 3 aromatic rings. The summed E-state index contributed by atoms with van der Waals surface area (Å²) in [6, 6.07) is 9.10. The zero-order valence-electron chi connectivity index (χ0n) is 11.3. The van der Waals surface area contributed by atoms with Crippen LogP contribution in [0.25, 0.3) is 11.4 Å². The second-order valence-corrected chi connectivity index (χ2v) is 5.66. The van der Waals surface area contributed by atoms with Crippen molar-refractivity contribution in [1.82, 2.24) is 19.9 Å². The van der Waals surface area contributed by atoms with E-state index in [1.165, 1.54) is 0 Å². The maximum absolute atomic E-state index is 6.17. The van der Waals surface area contributed by atoms with Gasteiger partial charge in [-0.1, -0.05) is 29.3 Å². The fourth-order valence-electron chi connectivity index (χ4n) is 2.00. The molecule has 1 aromatic carbocycles. The van der Waals surface area contributed by atoms with Gasteiger partial charge in [-0.25, -0.2) is 9.77 Å². The molecule has 0 bridgehead atoms. The molecule has 8 heteroatoms. The molecule has 5 nitrogen and oxygen atoms in total. The minimum absolute atomic E-state index is 0.421. The highest BCUT2D eigenvalue weighted by molar-refractivity contribution is 7.71. The summed E-state index contributed by atoms with van der Waals surface area (Å²) in [6.45, 7) is 0.421. The Hall–Kier alpha value is -1.89. The molecular formula is C14H11Cl2N5S. The Morgan fingerprint density at radius 3 is 2.50 bits per heavy atom. The van der Waals surface area contributed by atoms with Crippen LogP contribution in [0.3, 0.4) is 0 Å². The molecule has 2 aromatic heterocycles. The second kappa shape index (κ2) is 6.48. The molecule has 0 spiro atoms. The number of aromatic amines is 1. The third kappa shape index (κ3) is 2.99. The molecule has 0 saturated carbocycles. The zero-order chi connectivity index (χ0) is 15.5. The van der Waals surface area contributed by atoms with Crippen molar-refractivity contribution in [2.75, 3.05) is 5.43 Å². The molecule has 0 fully saturated rings. The molecule has 0 aliphatic carbocycles. The van der Waals surface area contributed by atoms with E-state index in [9.17, 15) is 0 Å². The minimum Gasteiger partial charge on any atom is -0.317 e. The van der Waals surface area contributed by atoms with E-state index < -0.39 is 0 Å². The highest BCUT2D eigenvalue weighted by atomic mass is 35.5. The third-order valence-electron chi connectivity index (χ3n) is 3.09. The van der Waals surface area contributed by atoms with Crippen molar-refractivity contribution in [3.05, 3.63) is 63.1 Å². The molecule has 22 heavy (non-hydrogen) atoms. The summed E-state index contributed by atoms with van der Waals surface area (Å²) in [5.41, 5.74) is 4.88. The number of hydrogen-bond acceptors (Lipinski definition) is 4. The Bertz CT molecular complexity index is 824. The van der Waals surface area contributed by atoms with Crippen molar-refractivity contribution < 1.29 is 0 Å². The van der Waals surface area contributed by atoms with Crippen molar-refractivity contribution in [3.63, 3.8) is 0 Å². The molecule has 0 aliphatic heterocycles. The molecular weight excluding hydrogens is 341 g/mol. The Morgan fingerprint density at radius 2 is 1.82 bits per heavy atom. The van der Waals surface area contributed by atoms with Gasteiger partial charge in [0.1, 0.15) is 0 Å². The first-order valence-corrected chi connectivity index (χ1v) is 7.58. The highest BCUT2D eigenvalue weighted by Gasteiger charge is 2.10. The maximum atomic E-state index is 6.17. The van der Waals surface area contributed by atoms with Crippen LogP contribution < -0.4 is 5.43 Å². The summed E-state index contributed by atoms with van der Waals surface area (Å²) in [4.78, 5) is 4.00. The standard InChI is InChI=1S/C14H11Cl2N5S/c15-11-2-1-3-12(16)10(11)8-18-21-13(19-20-14(21)22)9-4-6-17-7-5-9/h1-7,18H,8H2,(H,20,22). The molecule has 112 valence electrons. The topological polar surface area (TPSA) is 58.5 Å². The van der Waals surface area contributed by atoms with Gasteiger partial charge in [-0.05, 0) is 36.5 Å². The van der Waals surface area contributed by atoms with Gasteiger partial charge in [0.15, 0.2) is 5.82 Å². The number of nitrogens with zero attached hydrogens (tertiary/aromatic N) is 3. The SMILES string of the molecule is S=c1[nH]nc(-c2ccncc2)n1NCc1c(Cl)cccc1Cl. The summed E-state index contributed by atoms with van der Waals surface area (Å²) >= 11 is 17.6. The molecule has 0 unspecified atom stereocenters. The van der Waals surface area contributed by atoms with Gasteiger partial charge in [0, 0.05) is 33.6 Å². The normalized spacial score (nSPS) is 10.6. The first-order valence-electron chi connectivity index (χ1n) is 6.41. The van der Waals surface area contributed by atoms with Crippen LogP contribution in [0.4, 0.5) is 0 Å². The molecule has 3 rings (SSSR count). The Labute approximate surface area is 141 Å². The number of H-pyrrole nitrogens is 1. The third-order valence-corrected chi connectivity index (χ3v) is 4.07. The smallest absolute Gasteiger partial charge is 0.214 e. The summed E-state index contributed by atoms with van der Waals surface area (Å²) in [5, 5.41) is 8.20. The van der Waals surface area contributed by atoms with Gasteiger partial charge in [-0.15, -0.1) is 0 Å². The van der Waals surface area contributed by atoms with Crippen LogP contribution in [-0.4, -0.2) is 19.9 Å². The van der Waals surface area contributed by atoms with E-state index in [0.29, 0.717) is 27.2 Å². The Morgan fingerprint density at radius 1 is 1.14 bits per heavy atom. The van der Waals surface area contributed by atoms with Crippen molar-refractivity contribution in [2.24, 2.45) is 0 Å². The second-order valence-electron chi connectivity index (χ2n) is 4.46. The Balaban J connectivity index is 1.91. The number of benzene rings is 1. The van der Waals surface area contributed by atoms with Crippen LogP contribution in [-0.2, 0) is 6.54 Å². The van der Waals surface area contributed by atoms with Gasteiger partial charge in [0.05, 0.1) is 6.54 Å². The lowest BCUT2D eigenvalue weighted by Gasteiger charge is -2.12. The van der Waals surface area contributed by atoms with E-state index in [1.54, 1.807) is 35.3 Å². The van der Waals surface area contributed by atoms with Crippen molar-refractivity contribution in [1.29, 1.82) is 0 Å². The average molecular weight is 352 g/mol. The van der Waals surface area contributed by atoms with Gasteiger partial charge in [0.25, 0.3) is 0 Å². The first kappa shape index (κ1) is 15.0. The largest absolute Gasteiger partial charge is 0.317 e. The molecule has 0 atom stereocenters. The molecule has 0 aliphatic rings. The number of rotatable bonds is 4. The summed E-state index contributed by atoms with van der Waals surface area (Å²) in [7, 11) is 0. The van der Waals surface area contributed by atoms with E-state index >= 15 is 0 Å². The summed E-state index contributed by atoms with van der Waals surface area (Å²) < 4.78 is 2.14. The van der Waals surface area contributed by atoms with E-state index in [0.717, 1.165) is 11.1 Å². The van der Waals surface area contributed by atoms with Gasteiger partial charge >= 0.3 is 0 Å². The van der Waals surface area contributed by atoms with Crippen LogP contribution in [0.1, 0.15) is 5.56 Å². The molecule has 2 N–H and O–H groups in total. The maximum Gasteiger partial charge on any atom is 0.214 e. The van der Waals surface area contributed by atoms with Gasteiger partial charge in [0.2, 0.25) is 4.77 Å². The lowest BCUT2D eigenvalue weighted by atomic mass is 10.2. The van der Waals surface area contributed by atoms with E-state index in [-0.39, 0.29) is 0 Å². The minimum atomic E-state index is 0.421. The van der Waals surface area contributed by atoms with Crippen molar-refractivity contribution >= 4 is 35.4 Å². The molecule has 2 heterocycles. The van der Waals surface area contributed by atoms with Crippen LogP contribution in [0, 0.1) is 4.77 Å². The van der Waals surface area contributed by atoms with Crippen LogP contribution in [0.5, 0.6) is 0 Å². The number of halogens is 2. The van der Waals surface area contributed by atoms with Crippen LogP contribution >= 0.6 is 35.4 Å². The summed E-state index contributed by atoms with van der Waals surface area (Å²) in [5.74, 6) is 0.663. The Kier molecular flexibility index (Phi) is 4.42. The predicted molar refractivity (Wildman–Crippen MR) is 90.2 cm³/mol. The monoisotopic (exact) mass is 351 g/mol. The molecule has 0 radical (unpaired) electrons. The van der Waals surface area contributed by atoms with E-state index in [1.807, 2.05) is 12.1 Å². The average Bonchev–Trinajstić information content (AvgIpc) is 2.89. The van der Waals surface area contributed by atoms with Crippen LogP contribution in [0.15, 0.2) is 42.7 Å². The summed E-state index contributed by atoms with van der Waals surface area (Å²) in [6.07, 6.45) is 3.39. The number of pyridine rings is 1. The zero-order valence-corrected chi connectivity index (χ0v) is 13.6. The van der Waals surface area contributed by atoms with Crippen molar-refractivity contribution in [3.8, 4) is 11.4 Å². The number of hydrogen-bond donors (Lipinski definition) is 2. The number of aromatic nitrogens is 4. The van der Waals surface area contributed by atoms with Gasteiger partial charge < -0.3 is 5.43 Å². The van der Waals surface area contributed by atoms with E-state index in [4.69, 9.17) is 35.4 Å². The lowest BCUT2D eigenvalue weighted by molar-refractivity contribution is 0.832. The molecule has 0 saturated heterocycles. The fourth-order valence-corrected chi connectivity index (χ4v) is 2.73. The lowest BCUT2D eigenvalue weighted by Crippen LogP contribution is -2.16.